The minimum Gasteiger partial charge on any atom is -0.143 e. The zero-order valence-electron chi connectivity index (χ0n) is 7.23. The van der Waals surface area contributed by atoms with Crippen LogP contribution in [0.4, 0.5) is 0 Å². The molecule has 0 saturated heterocycles. The van der Waals surface area contributed by atoms with Gasteiger partial charge in [-0.2, -0.15) is 0 Å². The van der Waals surface area contributed by atoms with Crippen molar-refractivity contribution in [1.29, 1.82) is 0 Å². The van der Waals surface area contributed by atoms with Gasteiger partial charge in [-0.3, -0.25) is 0 Å². The Kier molecular flexibility index (Phi) is 3.12. The van der Waals surface area contributed by atoms with Gasteiger partial charge in [0.05, 0.1) is 5.02 Å². The molecule has 0 aliphatic carbocycles. The van der Waals surface area contributed by atoms with Crippen LogP contribution in [-0.4, -0.2) is 0 Å². The van der Waals surface area contributed by atoms with Gasteiger partial charge in [-0.1, -0.05) is 29.8 Å². The predicted molar refractivity (Wildman–Crippen MR) is 57.9 cm³/mol. The zero-order chi connectivity index (χ0) is 9.14. The largest absolute Gasteiger partial charge is 0.143 e. The van der Waals surface area contributed by atoms with Crippen molar-refractivity contribution >= 4 is 29.0 Å². The molecule has 12 heavy (non-hydrogen) atoms. The average molecular weight is 199 g/mol. The Bertz CT molecular complexity index is 321. The molecule has 0 unspecified atom stereocenters. The topological polar surface area (TPSA) is 0 Å². The fraction of sp³-hybridized carbons (Fsp3) is 0.200. The van der Waals surface area contributed by atoms with Crippen molar-refractivity contribution in [2.24, 2.45) is 0 Å². The van der Waals surface area contributed by atoms with Gasteiger partial charge in [0, 0.05) is 10.3 Å². The second-order valence-electron chi connectivity index (χ2n) is 2.75. The normalized spacial score (nSPS) is 10.9. The van der Waals surface area contributed by atoms with Crippen molar-refractivity contribution in [3.63, 3.8) is 0 Å². The molecule has 0 N–H and O–H groups in total. The van der Waals surface area contributed by atoms with E-state index in [1.165, 1.54) is 4.88 Å². The third kappa shape index (κ3) is 2.23. The van der Waals surface area contributed by atoms with Crippen molar-refractivity contribution in [2.75, 3.05) is 0 Å². The van der Waals surface area contributed by atoms with Crippen LogP contribution in [0.3, 0.4) is 0 Å². The third-order valence-electron chi connectivity index (χ3n) is 1.54. The first-order valence-electron chi connectivity index (χ1n) is 3.68. The van der Waals surface area contributed by atoms with Gasteiger partial charge in [-0.15, -0.1) is 11.3 Å². The molecule has 0 aliphatic heterocycles. The summed E-state index contributed by atoms with van der Waals surface area (Å²) < 4.78 is 0. The molecular weight excluding hydrogens is 188 g/mol. The highest BCUT2D eigenvalue weighted by atomic mass is 35.5. The van der Waals surface area contributed by atoms with Crippen LogP contribution in [0, 0.1) is 6.92 Å². The Balaban J connectivity index is 2.90. The molecule has 0 spiro atoms. The molecule has 0 fully saturated rings. The van der Waals surface area contributed by atoms with Crippen LogP contribution in [0.5, 0.6) is 0 Å². The Morgan fingerprint density at radius 3 is 2.75 bits per heavy atom. The number of allylic oxidation sites excluding steroid dienone is 2. The van der Waals surface area contributed by atoms with Gasteiger partial charge in [0.25, 0.3) is 0 Å². The van der Waals surface area contributed by atoms with Crippen molar-refractivity contribution in [3.05, 3.63) is 39.1 Å². The van der Waals surface area contributed by atoms with Crippen molar-refractivity contribution < 1.29 is 0 Å². The Labute approximate surface area is 82.2 Å². The van der Waals surface area contributed by atoms with Gasteiger partial charge < -0.3 is 0 Å². The van der Waals surface area contributed by atoms with Gasteiger partial charge in [0.15, 0.2) is 0 Å². The molecule has 64 valence electrons. The maximum atomic E-state index is 5.90. The summed E-state index contributed by atoms with van der Waals surface area (Å²) in [5.74, 6) is 0. The highest BCUT2D eigenvalue weighted by Crippen LogP contribution is 2.27. The summed E-state index contributed by atoms with van der Waals surface area (Å²) in [6, 6.07) is 0. The zero-order valence-corrected chi connectivity index (χ0v) is 8.80. The average Bonchev–Trinajstić information content (AvgIpc) is 2.30. The van der Waals surface area contributed by atoms with Crippen LogP contribution in [0.1, 0.15) is 17.4 Å². The Morgan fingerprint density at radius 2 is 2.33 bits per heavy atom. The highest BCUT2D eigenvalue weighted by Gasteiger charge is 2.00. The molecule has 0 radical (unpaired) electrons. The lowest BCUT2D eigenvalue weighted by atomic mass is 10.2. The lowest BCUT2D eigenvalue weighted by molar-refractivity contribution is 1.52. The Morgan fingerprint density at radius 1 is 1.67 bits per heavy atom. The fourth-order valence-corrected chi connectivity index (χ4v) is 1.92. The smallest absolute Gasteiger partial charge is 0.0548 e. The lowest BCUT2D eigenvalue weighted by Gasteiger charge is -1.90. The summed E-state index contributed by atoms with van der Waals surface area (Å²) in [4.78, 5) is 1.21. The van der Waals surface area contributed by atoms with Crippen LogP contribution in [0.2, 0.25) is 5.02 Å². The van der Waals surface area contributed by atoms with Crippen LogP contribution in [0.15, 0.2) is 23.6 Å². The van der Waals surface area contributed by atoms with Crippen LogP contribution >= 0.6 is 22.9 Å². The maximum absolute atomic E-state index is 5.90. The first-order valence-corrected chi connectivity index (χ1v) is 4.94. The van der Waals surface area contributed by atoms with E-state index in [-0.39, 0.29) is 0 Å². The monoisotopic (exact) mass is 198 g/mol. The summed E-state index contributed by atoms with van der Waals surface area (Å²) in [6.45, 7) is 7.79. The van der Waals surface area contributed by atoms with E-state index in [4.69, 9.17) is 11.6 Å². The van der Waals surface area contributed by atoms with Crippen LogP contribution in [-0.2, 0) is 0 Å². The van der Waals surface area contributed by atoms with Crippen molar-refractivity contribution in [3.8, 4) is 0 Å². The summed E-state index contributed by atoms with van der Waals surface area (Å²) in [5.41, 5.74) is 2.21. The van der Waals surface area contributed by atoms with Gasteiger partial charge in [0.1, 0.15) is 0 Å². The van der Waals surface area contributed by atoms with Gasteiger partial charge in [-0.25, -0.2) is 0 Å². The van der Waals surface area contributed by atoms with E-state index in [1.54, 1.807) is 11.3 Å². The molecule has 0 aliphatic rings. The van der Waals surface area contributed by atoms with E-state index in [0.717, 1.165) is 16.2 Å². The number of hydrogen-bond acceptors (Lipinski definition) is 1. The highest BCUT2D eigenvalue weighted by molar-refractivity contribution is 7.11. The predicted octanol–water partition coefficient (Wildman–Crippen LogP) is 4.30. The van der Waals surface area contributed by atoms with Crippen molar-refractivity contribution in [2.45, 2.75) is 13.8 Å². The number of rotatable bonds is 2. The number of hydrogen-bond donors (Lipinski definition) is 0. The first kappa shape index (κ1) is 9.56. The molecule has 1 rings (SSSR count). The quantitative estimate of drug-likeness (QED) is 0.622. The van der Waals surface area contributed by atoms with E-state index in [9.17, 15) is 0 Å². The third-order valence-corrected chi connectivity index (χ3v) is 3.11. The molecule has 1 aromatic heterocycles. The van der Waals surface area contributed by atoms with Gasteiger partial charge in [0.2, 0.25) is 0 Å². The molecular formula is C10H11ClS. The lowest BCUT2D eigenvalue weighted by Crippen LogP contribution is -1.69. The molecule has 1 heterocycles. The first-order chi connectivity index (χ1) is 5.61. The SMILES string of the molecule is C=C(C)/C=C\c1scc(Cl)c1C. The summed E-state index contributed by atoms with van der Waals surface area (Å²) in [5, 5.41) is 2.80. The number of thiophene rings is 1. The summed E-state index contributed by atoms with van der Waals surface area (Å²) >= 11 is 7.56. The second kappa shape index (κ2) is 3.92. The standard InChI is InChI=1S/C10H11ClS/c1-7(2)4-5-10-8(3)9(11)6-12-10/h4-6H,1H2,2-3H3/b5-4-. The van der Waals surface area contributed by atoms with Crippen LogP contribution in [0.25, 0.3) is 6.08 Å². The minimum absolute atomic E-state index is 0.848. The number of halogens is 1. The minimum atomic E-state index is 0.848. The summed E-state index contributed by atoms with van der Waals surface area (Å²) in [7, 11) is 0. The molecule has 0 bridgehead atoms. The van der Waals surface area contributed by atoms with E-state index in [1.807, 2.05) is 31.4 Å². The molecule has 0 saturated carbocycles. The second-order valence-corrected chi connectivity index (χ2v) is 4.07. The van der Waals surface area contributed by atoms with Gasteiger partial charge >= 0.3 is 0 Å². The van der Waals surface area contributed by atoms with Crippen LogP contribution < -0.4 is 0 Å². The summed E-state index contributed by atoms with van der Waals surface area (Å²) in [6.07, 6.45) is 4.05. The van der Waals surface area contributed by atoms with E-state index in [2.05, 4.69) is 6.58 Å². The molecule has 0 aromatic carbocycles. The molecule has 0 nitrogen and oxygen atoms in total. The molecule has 0 atom stereocenters. The fourth-order valence-electron chi connectivity index (χ4n) is 0.792. The molecule has 1 aromatic rings. The van der Waals surface area contributed by atoms with E-state index in [0.29, 0.717) is 0 Å². The van der Waals surface area contributed by atoms with Gasteiger partial charge in [-0.05, 0) is 25.5 Å². The van der Waals surface area contributed by atoms with E-state index >= 15 is 0 Å². The van der Waals surface area contributed by atoms with E-state index < -0.39 is 0 Å². The van der Waals surface area contributed by atoms with Crippen molar-refractivity contribution in [1.82, 2.24) is 0 Å². The Hall–Kier alpha value is -0.530. The molecule has 0 amide bonds. The molecule has 2 heteroatoms. The maximum Gasteiger partial charge on any atom is 0.0548 e.